The van der Waals surface area contributed by atoms with Gasteiger partial charge in [0.25, 0.3) is 6.47 Å². The Bertz CT molecular complexity index is 109. The maximum absolute atomic E-state index is 9.87. The van der Waals surface area contributed by atoms with E-state index in [1.165, 1.54) is 0 Å². The highest BCUT2D eigenvalue weighted by molar-refractivity contribution is 5.37. The lowest BCUT2D eigenvalue weighted by atomic mass is 9.89. The number of ether oxygens (including phenoxy) is 1. The summed E-state index contributed by atoms with van der Waals surface area (Å²) in [6, 6.07) is 0. The summed E-state index contributed by atoms with van der Waals surface area (Å²) in [5, 5.41) is 8.80. The van der Waals surface area contributed by atoms with Gasteiger partial charge in [0.05, 0.1) is 6.61 Å². The van der Waals surface area contributed by atoms with Crippen molar-refractivity contribution in [1.82, 2.24) is 0 Å². The first kappa shape index (κ1) is 9.43. The van der Waals surface area contributed by atoms with E-state index in [0.29, 0.717) is 6.47 Å². The number of carbonyl (C=O) groups excluding carboxylic acids is 1. The first-order chi connectivity index (χ1) is 4.54. The van der Waals surface area contributed by atoms with Gasteiger partial charge >= 0.3 is 0 Å². The fourth-order valence-corrected chi connectivity index (χ4v) is 0.396. The number of carbonyl (C=O) groups is 1. The van der Waals surface area contributed by atoms with E-state index in [1.54, 1.807) is 6.92 Å². The highest BCUT2D eigenvalue weighted by Gasteiger charge is 2.25. The Hall–Kier alpha value is -0.570. The van der Waals surface area contributed by atoms with Gasteiger partial charge in [0.1, 0.15) is 6.10 Å². The van der Waals surface area contributed by atoms with Crippen LogP contribution in [0.3, 0.4) is 0 Å². The lowest BCUT2D eigenvalue weighted by Crippen LogP contribution is -2.32. The molecule has 3 heteroatoms. The molecule has 60 valence electrons. The smallest absolute Gasteiger partial charge is 0.293 e. The van der Waals surface area contributed by atoms with Crippen molar-refractivity contribution < 1.29 is 14.6 Å². The predicted molar refractivity (Wildman–Crippen MR) is 37.5 cm³/mol. The lowest BCUT2D eigenvalue weighted by Gasteiger charge is -2.27. The van der Waals surface area contributed by atoms with Gasteiger partial charge in [-0.2, -0.15) is 0 Å². The summed E-state index contributed by atoms with van der Waals surface area (Å²) in [5.41, 5.74) is -0.346. The Morgan fingerprint density at radius 1 is 1.70 bits per heavy atom. The van der Waals surface area contributed by atoms with Crippen LogP contribution in [0.25, 0.3) is 0 Å². The van der Waals surface area contributed by atoms with Gasteiger partial charge in [-0.1, -0.05) is 13.8 Å². The standard InChI is InChI=1S/C7H14O3/c1-6(10-5-9)7(2,3)4-8/h5-6,8H,4H2,1-3H3. The van der Waals surface area contributed by atoms with Crippen LogP contribution in [0.4, 0.5) is 0 Å². The average Bonchev–Trinajstić information content (AvgIpc) is 1.89. The van der Waals surface area contributed by atoms with Crippen LogP contribution in [-0.2, 0) is 9.53 Å². The summed E-state index contributed by atoms with van der Waals surface area (Å²) in [5.74, 6) is 0. The second-order valence-corrected chi connectivity index (χ2v) is 3.02. The van der Waals surface area contributed by atoms with Crippen LogP contribution in [0.15, 0.2) is 0 Å². The van der Waals surface area contributed by atoms with E-state index < -0.39 is 0 Å². The molecule has 0 aliphatic heterocycles. The molecular weight excluding hydrogens is 132 g/mol. The number of hydrogen-bond acceptors (Lipinski definition) is 3. The first-order valence-electron chi connectivity index (χ1n) is 3.24. The zero-order valence-corrected chi connectivity index (χ0v) is 6.63. The van der Waals surface area contributed by atoms with Gasteiger partial charge in [-0.25, -0.2) is 0 Å². The molecule has 0 aliphatic rings. The van der Waals surface area contributed by atoms with E-state index in [-0.39, 0.29) is 18.1 Å². The van der Waals surface area contributed by atoms with Crippen molar-refractivity contribution in [2.24, 2.45) is 5.41 Å². The molecular formula is C7H14O3. The van der Waals surface area contributed by atoms with E-state index in [4.69, 9.17) is 5.11 Å². The maximum atomic E-state index is 9.87. The molecule has 0 rings (SSSR count). The number of hydrogen-bond donors (Lipinski definition) is 1. The largest absolute Gasteiger partial charge is 0.464 e. The molecule has 0 fully saturated rings. The second-order valence-electron chi connectivity index (χ2n) is 3.02. The molecule has 0 aromatic carbocycles. The highest BCUT2D eigenvalue weighted by atomic mass is 16.5. The van der Waals surface area contributed by atoms with Gasteiger partial charge < -0.3 is 9.84 Å². The Morgan fingerprint density at radius 2 is 2.20 bits per heavy atom. The van der Waals surface area contributed by atoms with Gasteiger partial charge in [0.15, 0.2) is 0 Å². The van der Waals surface area contributed by atoms with E-state index in [1.807, 2.05) is 13.8 Å². The zero-order valence-electron chi connectivity index (χ0n) is 6.63. The SMILES string of the molecule is CC(OC=O)C(C)(C)CO. The molecule has 0 aliphatic carbocycles. The van der Waals surface area contributed by atoms with Crippen molar-refractivity contribution in [3.8, 4) is 0 Å². The van der Waals surface area contributed by atoms with Gasteiger partial charge in [-0.3, -0.25) is 4.79 Å². The van der Waals surface area contributed by atoms with E-state index in [0.717, 1.165) is 0 Å². The molecule has 0 saturated heterocycles. The fraction of sp³-hybridized carbons (Fsp3) is 0.857. The van der Waals surface area contributed by atoms with E-state index >= 15 is 0 Å². The summed E-state index contributed by atoms with van der Waals surface area (Å²) in [6.07, 6.45) is -0.241. The van der Waals surface area contributed by atoms with Crippen LogP contribution < -0.4 is 0 Å². The Morgan fingerprint density at radius 3 is 2.50 bits per heavy atom. The third-order valence-electron chi connectivity index (χ3n) is 1.77. The monoisotopic (exact) mass is 146 g/mol. The Balaban J connectivity index is 3.89. The summed E-state index contributed by atoms with van der Waals surface area (Å²) < 4.78 is 4.66. The molecule has 0 spiro atoms. The second kappa shape index (κ2) is 3.56. The fourth-order valence-electron chi connectivity index (χ4n) is 0.396. The number of aliphatic hydroxyl groups is 1. The molecule has 3 nitrogen and oxygen atoms in total. The van der Waals surface area contributed by atoms with Crippen LogP contribution in [-0.4, -0.2) is 24.3 Å². The summed E-state index contributed by atoms with van der Waals surface area (Å²) >= 11 is 0. The van der Waals surface area contributed by atoms with Crippen molar-refractivity contribution in [1.29, 1.82) is 0 Å². The third kappa shape index (κ3) is 2.35. The van der Waals surface area contributed by atoms with Crippen LogP contribution >= 0.6 is 0 Å². The molecule has 0 heterocycles. The van der Waals surface area contributed by atoms with Crippen molar-refractivity contribution >= 4 is 6.47 Å². The molecule has 1 N–H and O–H groups in total. The molecule has 0 aromatic heterocycles. The molecule has 0 aromatic rings. The predicted octanol–water partition coefficient (Wildman–Crippen LogP) is 0.566. The first-order valence-corrected chi connectivity index (χ1v) is 3.24. The Labute approximate surface area is 61.0 Å². The highest BCUT2D eigenvalue weighted by Crippen LogP contribution is 2.20. The number of rotatable bonds is 4. The van der Waals surface area contributed by atoms with Crippen molar-refractivity contribution in [2.75, 3.05) is 6.61 Å². The van der Waals surface area contributed by atoms with Gasteiger partial charge in [0, 0.05) is 5.41 Å². The van der Waals surface area contributed by atoms with Crippen LogP contribution in [0.5, 0.6) is 0 Å². The Kier molecular flexibility index (Phi) is 3.36. The minimum atomic E-state index is -0.346. The molecule has 1 unspecified atom stereocenters. The molecule has 0 amide bonds. The van der Waals surface area contributed by atoms with Gasteiger partial charge in [0.2, 0.25) is 0 Å². The number of aliphatic hydroxyl groups excluding tert-OH is 1. The average molecular weight is 146 g/mol. The summed E-state index contributed by atoms with van der Waals surface area (Å²) in [6.45, 7) is 5.84. The molecule has 0 radical (unpaired) electrons. The zero-order chi connectivity index (χ0) is 8.20. The van der Waals surface area contributed by atoms with Crippen molar-refractivity contribution in [3.05, 3.63) is 0 Å². The molecule has 10 heavy (non-hydrogen) atoms. The normalized spacial score (nSPS) is 14.4. The minimum absolute atomic E-state index is 0.0159. The topological polar surface area (TPSA) is 46.5 Å². The summed E-state index contributed by atoms with van der Waals surface area (Å²) in [4.78, 5) is 9.87. The summed E-state index contributed by atoms with van der Waals surface area (Å²) in [7, 11) is 0. The minimum Gasteiger partial charge on any atom is -0.464 e. The molecule has 0 bridgehead atoms. The van der Waals surface area contributed by atoms with E-state index in [2.05, 4.69) is 4.74 Å². The third-order valence-corrected chi connectivity index (χ3v) is 1.77. The van der Waals surface area contributed by atoms with Crippen molar-refractivity contribution in [3.63, 3.8) is 0 Å². The maximum Gasteiger partial charge on any atom is 0.293 e. The quantitative estimate of drug-likeness (QED) is 0.590. The molecule has 0 saturated carbocycles. The van der Waals surface area contributed by atoms with Crippen LogP contribution in [0.1, 0.15) is 20.8 Å². The van der Waals surface area contributed by atoms with Crippen LogP contribution in [0.2, 0.25) is 0 Å². The molecule has 1 atom stereocenters. The van der Waals surface area contributed by atoms with Gasteiger partial charge in [-0.05, 0) is 6.92 Å². The van der Waals surface area contributed by atoms with Crippen molar-refractivity contribution in [2.45, 2.75) is 26.9 Å². The van der Waals surface area contributed by atoms with Gasteiger partial charge in [-0.15, -0.1) is 0 Å². The van der Waals surface area contributed by atoms with Crippen LogP contribution in [0, 0.1) is 5.41 Å². The lowest BCUT2D eigenvalue weighted by molar-refractivity contribution is -0.139. The van der Waals surface area contributed by atoms with E-state index in [9.17, 15) is 4.79 Å².